The molecule has 0 aliphatic rings. The molecule has 1 aromatic heterocycles. The number of halogens is 2. The maximum absolute atomic E-state index is 13.1. The lowest BCUT2D eigenvalue weighted by Gasteiger charge is -2.09. The topological polar surface area (TPSA) is 68.0 Å². The number of nitrogens with zero attached hydrogens (tertiary/aromatic N) is 3. The number of hydrogen-bond acceptors (Lipinski definition) is 4. The Labute approximate surface area is 126 Å². The first kappa shape index (κ1) is 14.3. The zero-order chi connectivity index (χ0) is 14.0. The molecule has 0 spiro atoms. The Morgan fingerprint density at radius 2 is 2.26 bits per heavy atom. The van der Waals surface area contributed by atoms with Gasteiger partial charge in [-0.2, -0.15) is 0 Å². The van der Waals surface area contributed by atoms with Gasteiger partial charge >= 0.3 is 5.97 Å². The lowest BCUT2D eigenvalue weighted by atomic mass is 10.3. The van der Waals surface area contributed by atoms with E-state index in [1.54, 1.807) is 17.6 Å². The highest BCUT2D eigenvalue weighted by molar-refractivity contribution is 14.1. The molecule has 0 radical (unpaired) electrons. The van der Waals surface area contributed by atoms with Gasteiger partial charge in [0.2, 0.25) is 0 Å². The van der Waals surface area contributed by atoms with E-state index in [0.717, 1.165) is 17.4 Å². The van der Waals surface area contributed by atoms with E-state index in [1.165, 1.54) is 12.1 Å². The van der Waals surface area contributed by atoms with E-state index in [9.17, 15) is 9.18 Å². The minimum Gasteiger partial charge on any atom is -0.481 e. The average molecular weight is 393 g/mol. The van der Waals surface area contributed by atoms with Crippen LogP contribution in [0.15, 0.2) is 23.4 Å². The fraction of sp³-hybridized carbons (Fsp3) is 0.182. The first-order chi connectivity index (χ1) is 8.99. The fourth-order valence-corrected chi connectivity index (χ4v) is 2.93. The number of carboxylic acids is 1. The van der Waals surface area contributed by atoms with E-state index < -0.39 is 5.97 Å². The predicted molar refractivity (Wildman–Crippen MR) is 77.1 cm³/mol. The van der Waals surface area contributed by atoms with Crippen molar-refractivity contribution >= 4 is 40.3 Å². The SMILES string of the molecule is Cc1nnc(SCC(=O)O)n1-c1ccc(F)cc1I. The molecule has 1 N–H and O–H groups in total. The first-order valence-corrected chi connectivity index (χ1v) is 7.27. The number of aromatic nitrogens is 3. The van der Waals surface area contributed by atoms with Crippen molar-refractivity contribution in [2.75, 3.05) is 5.75 Å². The maximum atomic E-state index is 13.1. The van der Waals surface area contributed by atoms with Gasteiger partial charge in [-0.25, -0.2) is 4.39 Å². The van der Waals surface area contributed by atoms with Crippen LogP contribution in [-0.4, -0.2) is 31.6 Å². The van der Waals surface area contributed by atoms with Gasteiger partial charge < -0.3 is 5.11 Å². The minimum atomic E-state index is -0.925. The summed E-state index contributed by atoms with van der Waals surface area (Å²) in [6, 6.07) is 4.38. The van der Waals surface area contributed by atoms with Crippen LogP contribution in [0, 0.1) is 16.3 Å². The summed E-state index contributed by atoms with van der Waals surface area (Å²) in [5.74, 6) is -0.724. The second kappa shape index (κ2) is 5.87. The van der Waals surface area contributed by atoms with Crippen molar-refractivity contribution < 1.29 is 14.3 Å². The molecule has 0 bridgehead atoms. The van der Waals surface area contributed by atoms with E-state index in [2.05, 4.69) is 10.2 Å². The number of carbonyl (C=O) groups is 1. The summed E-state index contributed by atoms with van der Waals surface area (Å²) in [6.07, 6.45) is 0. The highest BCUT2D eigenvalue weighted by Crippen LogP contribution is 2.25. The Bertz CT molecular complexity index is 632. The third-order valence-electron chi connectivity index (χ3n) is 2.27. The van der Waals surface area contributed by atoms with Crippen LogP contribution in [0.1, 0.15) is 5.82 Å². The van der Waals surface area contributed by atoms with E-state index >= 15 is 0 Å². The first-order valence-electron chi connectivity index (χ1n) is 5.21. The normalized spacial score (nSPS) is 10.7. The van der Waals surface area contributed by atoms with E-state index in [0.29, 0.717) is 14.6 Å². The molecule has 0 aliphatic carbocycles. The molecule has 0 fully saturated rings. The zero-order valence-electron chi connectivity index (χ0n) is 9.80. The molecule has 8 heteroatoms. The summed E-state index contributed by atoms with van der Waals surface area (Å²) in [7, 11) is 0. The third kappa shape index (κ3) is 3.24. The Balaban J connectivity index is 2.43. The van der Waals surface area contributed by atoms with Crippen LogP contribution in [0.2, 0.25) is 0 Å². The monoisotopic (exact) mass is 393 g/mol. The standard InChI is InChI=1S/C11H9FIN3O2S/c1-6-14-15-11(19-5-10(17)18)16(6)9-3-2-7(12)4-8(9)13/h2-4H,5H2,1H3,(H,17,18). The molecular weight excluding hydrogens is 384 g/mol. The van der Waals surface area contributed by atoms with Crippen LogP contribution in [0.3, 0.4) is 0 Å². The summed E-state index contributed by atoms with van der Waals surface area (Å²) in [5, 5.41) is 17.1. The second-order valence-corrected chi connectivity index (χ2v) is 5.75. The largest absolute Gasteiger partial charge is 0.481 e. The Kier molecular flexibility index (Phi) is 4.40. The summed E-state index contributed by atoms with van der Waals surface area (Å²) in [5.41, 5.74) is 0.734. The zero-order valence-corrected chi connectivity index (χ0v) is 12.8. The molecule has 1 heterocycles. The van der Waals surface area contributed by atoms with Gasteiger partial charge in [0.1, 0.15) is 11.6 Å². The number of aryl methyl sites for hydroxylation is 1. The summed E-state index contributed by atoms with van der Waals surface area (Å²) < 4.78 is 15.5. The van der Waals surface area contributed by atoms with Crippen molar-refractivity contribution in [1.82, 2.24) is 14.8 Å². The molecule has 1 aromatic carbocycles. The van der Waals surface area contributed by atoms with Crippen molar-refractivity contribution in [3.8, 4) is 5.69 Å². The molecule has 0 saturated carbocycles. The Hall–Kier alpha value is -1.16. The molecule has 0 atom stereocenters. The van der Waals surface area contributed by atoms with Crippen molar-refractivity contribution in [3.05, 3.63) is 33.4 Å². The average Bonchev–Trinajstić information content (AvgIpc) is 2.68. The van der Waals surface area contributed by atoms with E-state index in [4.69, 9.17) is 5.11 Å². The lowest BCUT2D eigenvalue weighted by Crippen LogP contribution is -2.04. The number of thioether (sulfide) groups is 1. The van der Waals surface area contributed by atoms with Crippen LogP contribution >= 0.6 is 34.4 Å². The molecule has 5 nitrogen and oxygen atoms in total. The molecule has 2 rings (SSSR count). The second-order valence-electron chi connectivity index (χ2n) is 3.64. The molecular formula is C11H9FIN3O2S. The predicted octanol–water partition coefficient (Wildman–Crippen LogP) is 2.50. The van der Waals surface area contributed by atoms with Gasteiger partial charge in [-0.15, -0.1) is 10.2 Å². The van der Waals surface area contributed by atoms with Crippen LogP contribution in [0.4, 0.5) is 4.39 Å². The molecule has 0 aliphatic heterocycles. The van der Waals surface area contributed by atoms with Gasteiger partial charge in [-0.05, 0) is 47.7 Å². The molecule has 100 valence electrons. The molecule has 2 aromatic rings. The Morgan fingerprint density at radius 1 is 1.53 bits per heavy atom. The number of benzene rings is 1. The lowest BCUT2D eigenvalue weighted by molar-refractivity contribution is -0.133. The molecule has 19 heavy (non-hydrogen) atoms. The van der Waals surface area contributed by atoms with Crippen LogP contribution < -0.4 is 0 Å². The van der Waals surface area contributed by atoms with Crippen molar-refractivity contribution in [2.24, 2.45) is 0 Å². The quantitative estimate of drug-likeness (QED) is 0.639. The summed E-state index contributed by atoms with van der Waals surface area (Å²) >= 11 is 3.10. The Morgan fingerprint density at radius 3 is 2.89 bits per heavy atom. The minimum absolute atomic E-state index is 0.101. The van der Waals surface area contributed by atoms with Gasteiger partial charge in [0.15, 0.2) is 5.16 Å². The van der Waals surface area contributed by atoms with Gasteiger partial charge in [-0.3, -0.25) is 9.36 Å². The van der Waals surface area contributed by atoms with Crippen molar-refractivity contribution in [2.45, 2.75) is 12.1 Å². The van der Waals surface area contributed by atoms with Gasteiger partial charge in [-0.1, -0.05) is 11.8 Å². The number of rotatable bonds is 4. The van der Waals surface area contributed by atoms with Gasteiger partial charge in [0.05, 0.1) is 11.4 Å². The van der Waals surface area contributed by atoms with E-state index in [1.807, 2.05) is 22.6 Å². The third-order valence-corrected chi connectivity index (χ3v) is 4.05. The van der Waals surface area contributed by atoms with Crippen LogP contribution in [-0.2, 0) is 4.79 Å². The van der Waals surface area contributed by atoms with Gasteiger partial charge in [0.25, 0.3) is 0 Å². The van der Waals surface area contributed by atoms with Crippen LogP contribution in [0.5, 0.6) is 0 Å². The fourth-order valence-electron chi connectivity index (χ4n) is 1.50. The van der Waals surface area contributed by atoms with Crippen molar-refractivity contribution in [3.63, 3.8) is 0 Å². The highest BCUT2D eigenvalue weighted by Gasteiger charge is 2.15. The highest BCUT2D eigenvalue weighted by atomic mass is 127. The molecule has 0 saturated heterocycles. The number of aliphatic carboxylic acids is 1. The number of carboxylic acid groups (broad SMARTS) is 1. The van der Waals surface area contributed by atoms with Crippen molar-refractivity contribution in [1.29, 1.82) is 0 Å². The molecule has 0 unspecified atom stereocenters. The summed E-state index contributed by atoms with van der Waals surface area (Å²) in [6.45, 7) is 1.76. The summed E-state index contributed by atoms with van der Waals surface area (Å²) in [4.78, 5) is 10.6. The van der Waals surface area contributed by atoms with Gasteiger partial charge in [0, 0.05) is 3.57 Å². The van der Waals surface area contributed by atoms with Crippen LogP contribution in [0.25, 0.3) is 5.69 Å². The number of hydrogen-bond donors (Lipinski definition) is 1. The van der Waals surface area contributed by atoms with E-state index in [-0.39, 0.29) is 11.6 Å². The maximum Gasteiger partial charge on any atom is 0.313 e. The molecule has 0 amide bonds. The smallest absolute Gasteiger partial charge is 0.313 e.